The van der Waals surface area contributed by atoms with Crippen molar-refractivity contribution in [2.24, 2.45) is 0 Å². The molecule has 0 bridgehead atoms. The zero-order valence-corrected chi connectivity index (χ0v) is 21.1. The highest BCUT2D eigenvalue weighted by Crippen LogP contribution is 2.32. The minimum absolute atomic E-state index is 0.110. The molecule has 38 heavy (non-hydrogen) atoms. The molecule has 0 saturated carbocycles. The van der Waals surface area contributed by atoms with Crippen molar-refractivity contribution in [3.05, 3.63) is 78.4 Å². The van der Waals surface area contributed by atoms with Crippen molar-refractivity contribution in [3.63, 3.8) is 0 Å². The van der Waals surface area contributed by atoms with Crippen molar-refractivity contribution in [2.75, 3.05) is 18.5 Å². The molecule has 0 radical (unpaired) electrons. The van der Waals surface area contributed by atoms with Gasteiger partial charge in [0.05, 0.1) is 24.4 Å². The number of sulfonamides is 1. The molecule has 4 atom stereocenters. The number of aliphatic hydroxyl groups is 3. The van der Waals surface area contributed by atoms with E-state index in [-0.39, 0.29) is 22.9 Å². The zero-order chi connectivity index (χ0) is 26.7. The molecule has 5 rings (SSSR count). The van der Waals surface area contributed by atoms with E-state index in [1.165, 1.54) is 23.0 Å². The zero-order valence-electron chi connectivity index (χ0n) is 20.3. The van der Waals surface area contributed by atoms with Crippen LogP contribution in [0.2, 0.25) is 0 Å². The number of aliphatic hydroxyl groups excluding tert-OH is 3. The van der Waals surface area contributed by atoms with Gasteiger partial charge in [-0.2, -0.15) is 0 Å². The Morgan fingerprint density at radius 2 is 1.68 bits per heavy atom. The first-order chi connectivity index (χ1) is 18.4. The van der Waals surface area contributed by atoms with Gasteiger partial charge in [0.15, 0.2) is 23.2 Å². The molecule has 4 aromatic rings. The lowest BCUT2D eigenvalue weighted by atomic mass is 10.1. The highest BCUT2D eigenvalue weighted by Gasteiger charge is 2.44. The van der Waals surface area contributed by atoms with E-state index in [0.717, 1.165) is 5.56 Å². The number of nitrogens with zero attached hydrogens (tertiary/aromatic N) is 4. The Morgan fingerprint density at radius 3 is 2.37 bits per heavy atom. The van der Waals surface area contributed by atoms with Crippen molar-refractivity contribution in [1.29, 1.82) is 0 Å². The van der Waals surface area contributed by atoms with Gasteiger partial charge >= 0.3 is 0 Å². The average molecular weight is 541 g/mol. The van der Waals surface area contributed by atoms with Crippen LogP contribution in [-0.4, -0.2) is 74.7 Å². The number of nitrogens with one attached hydrogen (secondary N) is 2. The van der Waals surface area contributed by atoms with Gasteiger partial charge in [-0.15, -0.1) is 0 Å². The molecule has 0 aliphatic carbocycles. The third kappa shape index (κ3) is 5.38. The summed E-state index contributed by atoms with van der Waals surface area (Å²) in [5, 5.41) is 33.5. The van der Waals surface area contributed by atoms with Crippen molar-refractivity contribution < 1.29 is 28.5 Å². The fourth-order valence-corrected chi connectivity index (χ4v) is 5.27. The third-order valence-corrected chi connectivity index (χ3v) is 7.70. The maximum Gasteiger partial charge on any atom is 0.240 e. The van der Waals surface area contributed by atoms with Gasteiger partial charge in [0.25, 0.3) is 0 Å². The Labute approximate surface area is 219 Å². The van der Waals surface area contributed by atoms with Crippen LogP contribution < -0.4 is 10.0 Å². The molecule has 5 N–H and O–H groups in total. The van der Waals surface area contributed by atoms with E-state index < -0.39 is 41.2 Å². The summed E-state index contributed by atoms with van der Waals surface area (Å²) in [6.07, 6.45) is -2.57. The second-order valence-corrected chi connectivity index (χ2v) is 10.6. The predicted molar refractivity (Wildman–Crippen MR) is 137 cm³/mol. The Kier molecular flexibility index (Phi) is 7.65. The normalized spacial score (nSPS) is 21.7. The van der Waals surface area contributed by atoms with Crippen LogP contribution in [0.3, 0.4) is 0 Å². The molecular weight excluding hydrogens is 512 g/mol. The van der Waals surface area contributed by atoms with Gasteiger partial charge in [-0.25, -0.2) is 28.1 Å². The first-order valence-corrected chi connectivity index (χ1v) is 13.5. The number of aromatic nitrogens is 4. The molecule has 2 aromatic heterocycles. The lowest BCUT2D eigenvalue weighted by Gasteiger charge is -2.17. The monoisotopic (exact) mass is 540 g/mol. The molecule has 1 fully saturated rings. The summed E-state index contributed by atoms with van der Waals surface area (Å²) in [7, 11) is -3.82. The fourth-order valence-electron chi connectivity index (χ4n) is 4.27. The molecule has 13 heteroatoms. The number of hydrogen-bond acceptors (Lipinski definition) is 10. The quantitative estimate of drug-likeness (QED) is 0.191. The summed E-state index contributed by atoms with van der Waals surface area (Å²) in [6, 6.07) is 17.8. The topological polar surface area (TPSA) is 172 Å². The Bertz CT molecular complexity index is 1480. The van der Waals surface area contributed by atoms with Gasteiger partial charge in [-0.3, -0.25) is 4.57 Å². The van der Waals surface area contributed by atoms with E-state index in [2.05, 4.69) is 25.0 Å². The predicted octanol–water partition coefficient (Wildman–Crippen LogP) is 0.571. The smallest absolute Gasteiger partial charge is 0.240 e. The van der Waals surface area contributed by atoms with Crippen LogP contribution in [0.25, 0.3) is 11.2 Å². The highest BCUT2D eigenvalue weighted by molar-refractivity contribution is 7.89. The number of anilines is 1. The average Bonchev–Trinajstić information content (AvgIpc) is 3.49. The molecular formula is C25H28N6O6S. The molecule has 1 aliphatic rings. The maximum absolute atomic E-state index is 12.8. The lowest BCUT2D eigenvalue weighted by molar-refractivity contribution is -0.0511. The second-order valence-electron chi connectivity index (χ2n) is 8.84. The number of imidazole rings is 1. The van der Waals surface area contributed by atoms with E-state index in [0.29, 0.717) is 24.3 Å². The van der Waals surface area contributed by atoms with Gasteiger partial charge in [0.2, 0.25) is 10.0 Å². The lowest BCUT2D eigenvalue weighted by Crippen LogP contribution is -2.33. The van der Waals surface area contributed by atoms with Crippen LogP contribution in [-0.2, 0) is 27.7 Å². The molecule has 0 amide bonds. The standard InChI is InChI=1S/C25H28N6O6S/c32-14-18-21(33)22(34)25(37-18)31-15-27-20-23(26-12-11-16-7-3-1-4-8-16)29-19(30-24(20)31)13-28-38(35,36)17-9-5-2-6-10-17/h1-10,15,18,21-22,25,28,32-34H,11-14H2,(H,26,29,30)/t18-,21-,22-,25-/m1/s1. The number of ether oxygens (including phenoxy) is 1. The van der Waals surface area contributed by atoms with E-state index in [4.69, 9.17) is 4.74 Å². The van der Waals surface area contributed by atoms with E-state index >= 15 is 0 Å². The van der Waals surface area contributed by atoms with E-state index in [9.17, 15) is 23.7 Å². The first-order valence-electron chi connectivity index (χ1n) is 12.1. The minimum atomic E-state index is -3.82. The number of hydrogen-bond donors (Lipinski definition) is 5. The first kappa shape index (κ1) is 26.2. The Balaban J connectivity index is 1.45. The largest absolute Gasteiger partial charge is 0.394 e. The summed E-state index contributed by atoms with van der Waals surface area (Å²) < 4.78 is 35.1. The van der Waals surface area contributed by atoms with Gasteiger partial charge in [0.1, 0.15) is 24.1 Å². The fraction of sp³-hybridized carbons (Fsp3) is 0.320. The van der Waals surface area contributed by atoms with Crippen LogP contribution in [0.5, 0.6) is 0 Å². The molecule has 2 aromatic carbocycles. The summed E-state index contributed by atoms with van der Waals surface area (Å²) in [5.41, 5.74) is 1.77. The molecule has 200 valence electrons. The third-order valence-electron chi connectivity index (χ3n) is 6.28. The van der Waals surface area contributed by atoms with E-state index in [1.54, 1.807) is 18.2 Å². The van der Waals surface area contributed by atoms with Crippen molar-refractivity contribution in [2.45, 2.75) is 42.4 Å². The Morgan fingerprint density at radius 1 is 0.974 bits per heavy atom. The van der Waals surface area contributed by atoms with Crippen LogP contribution >= 0.6 is 0 Å². The maximum atomic E-state index is 12.8. The molecule has 1 aliphatic heterocycles. The SMILES string of the molecule is O=S(=O)(NCc1nc(NCCc2ccccc2)c2ncn([C@@H]3O[C@H](CO)[C@@H](O)[C@H]3O)c2n1)c1ccccc1. The van der Waals surface area contributed by atoms with Crippen LogP contribution in [0.4, 0.5) is 5.82 Å². The number of rotatable bonds is 10. The van der Waals surface area contributed by atoms with Crippen LogP contribution in [0, 0.1) is 0 Å². The van der Waals surface area contributed by atoms with Gasteiger partial charge in [0, 0.05) is 6.54 Å². The van der Waals surface area contributed by atoms with E-state index in [1.807, 2.05) is 30.3 Å². The molecule has 1 saturated heterocycles. The molecule has 0 unspecified atom stereocenters. The van der Waals surface area contributed by atoms with Crippen LogP contribution in [0.15, 0.2) is 71.9 Å². The summed E-state index contributed by atoms with van der Waals surface area (Å²) in [5.74, 6) is 0.540. The summed E-state index contributed by atoms with van der Waals surface area (Å²) >= 11 is 0. The number of benzene rings is 2. The van der Waals surface area contributed by atoms with Crippen molar-refractivity contribution in [1.82, 2.24) is 24.2 Å². The summed E-state index contributed by atoms with van der Waals surface area (Å²) in [6.45, 7) is -0.164. The van der Waals surface area contributed by atoms with Crippen molar-refractivity contribution in [3.8, 4) is 0 Å². The molecule has 0 spiro atoms. The van der Waals surface area contributed by atoms with Gasteiger partial charge < -0.3 is 25.4 Å². The minimum Gasteiger partial charge on any atom is -0.394 e. The molecule has 12 nitrogen and oxygen atoms in total. The second kappa shape index (κ2) is 11.1. The Hall–Kier alpha value is -3.46. The number of fused-ring (bicyclic) bond motifs is 1. The molecule has 3 heterocycles. The van der Waals surface area contributed by atoms with Gasteiger partial charge in [-0.1, -0.05) is 48.5 Å². The summed E-state index contributed by atoms with van der Waals surface area (Å²) in [4.78, 5) is 13.5. The van der Waals surface area contributed by atoms with Crippen LogP contribution in [0.1, 0.15) is 17.6 Å². The highest BCUT2D eigenvalue weighted by atomic mass is 32.2. The van der Waals surface area contributed by atoms with Gasteiger partial charge in [-0.05, 0) is 24.1 Å². The van der Waals surface area contributed by atoms with Crippen molar-refractivity contribution >= 4 is 27.0 Å².